The average Bonchev–Trinajstić information content (AvgIpc) is 3.24. The van der Waals surface area contributed by atoms with Crippen molar-refractivity contribution in [3.05, 3.63) is 71.5 Å². The fourth-order valence-electron chi connectivity index (χ4n) is 3.24. The largest absolute Gasteiger partial charge is 0.382 e. The van der Waals surface area contributed by atoms with Gasteiger partial charge in [0, 0.05) is 18.4 Å². The lowest BCUT2D eigenvalue weighted by atomic mass is 10.0. The Morgan fingerprint density at radius 2 is 1.97 bits per heavy atom. The van der Waals surface area contributed by atoms with Crippen LogP contribution >= 0.6 is 0 Å². The maximum atomic E-state index is 13.5. The molecule has 0 saturated heterocycles. The van der Waals surface area contributed by atoms with Gasteiger partial charge in [-0.2, -0.15) is 0 Å². The monoisotopic (exact) mass is 427 g/mol. The van der Waals surface area contributed by atoms with Crippen LogP contribution in [0.15, 0.2) is 59.8 Å². The maximum absolute atomic E-state index is 13.5. The molecule has 164 valence electrons. The number of carbonyl (C=O) groups excluding carboxylic acids is 2. The lowest BCUT2D eigenvalue weighted by molar-refractivity contribution is -0.856. The van der Waals surface area contributed by atoms with E-state index < -0.39 is 18.1 Å². The minimum Gasteiger partial charge on any atom is -0.382 e. The molecule has 0 aliphatic carbocycles. The number of carbonyl (C=O) groups is 2. The highest BCUT2D eigenvalue weighted by atomic mass is 19.1. The summed E-state index contributed by atoms with van der Waals surface area (Å²) in [5.74, 6) is -1.06. The minimum absolute atomic E-state index is 0.207. The second kappa shape index (κ2) is 10.7. The second-order valence-corrected chi connectivity index (χ2v) is 7.85. The van der Waals surface area contributed by atoms with E-state index in [-0.39, 0.29) is 18.1 Å². The van der Waals surface area contributed by atoms with E-state index in [9.17, 15) is 14.0 Å². The number of rotatable bonds is 9. The van der Waals surface area contributed by atoms with Crippen molar-refractivity contribution in [2.45, 2.75) is 25.0 Å². The topological polar surface area (TPSA) is 84.2 Å². The summed E-state index contributed by atoms with van der Waals surface area (Å²) >= 11 is 0. The summed E-state index contributed by atoms with van der Waals surface area (Å²) in [6.45, 7) is 1.28. The molecule has 2 amide bonds. The van der Waals surface area contributed by atoms with Crippen molar-refractivity contribution in [2.75, 3.05) is 27.2 Å². The van der Waals surface area contributed by atoms with E-state index in [1.165, 1.54) is 17.0 Å². The van der Waals surface area contributed by atoms with Gasteiger partial charge in [0.25, 0.3) is 5.91 Å². The molecule has 3 rings (SSSR count). The van der Waals surface area contributed by atoms with Crippen LogP contribution in [0, 0.1) is 5.82 Å². The summed E-state index contributed by atoms with van der Waals surface area (Å²) in [5.41, 5.74) is 2.00. The quantitative estimate of drug-likeness (QED) is 0.539. The Bertz CT molecular complexity index is 933. The van der Waals surface area contributed by atoms with Gasteiger partial charge in [-0.05, 0) is 17.7 Å². The first-order valence-electron chi connectivity index (χ1n) is 10.3. The van der Waals surface area contributed by atoms with E-state index >= 15 is 0 Å². The Morgan fingerprint density at radius 3 is 2.68 bits per heavy atom. The molecule has 0 fully saturated rings. The molecule has 1 aliphatic heterocycles. The second-order valence-electron chi connectivity index (χ2n) is 7.85. The zero-order valence-electron chi connectivity index (χ0n) is 17.7. The molecule has 8 heteroatoms. The smallest absolute Gasteiger partial charge is 0.265 e. The fourth-order valence-corrected chi connectivity index (χ4v) is 3.24. The third kappa shape index (κ3) is 6.62. The van der Waals surface area contributed by atoms with Crippen molar-refractivity contribution in [1.29, 1.82) is 0 Å². The van der Waals surface area contributed by atoms with Crippen molar-refractivity contribution in [3.63, 3.8) is 0 Å². The van der Waals surface area contributed by atoms with Crippen LogP contribution in [0.2, 0.25) is 0 Å². The van der Waals surface area contributed by atoms with Gasteiger partial charge in [-0.25, -0.2) is 4.39 Å². The molecular formula is C23H28FN4O3+. The minimum atomic E-state index is -0.865. The molecule has 0 saturated carbocycles. The summed E-state index contributed by atoms with van der Waals surface area (Å²) in [4.78, 5) is 32.1. The number of hydrogen-bond acceptors (Lipinski definition) is 4. The third-order valence-corrected chi connectivity index (χ3v) is 4.96. The molecule has 0 aromatic heterocycles. The van der Waals surface area contributed by atoms with Crippen LogP contribution < -0.4 is 15.5 Å². The fraction of sp³-hybridized carbons (Fsp3) is 0.348. The highest BCUT2D eigenvalue weighted by Gasteiger charge is 2.32. The van der Waals surface area contributed by atoms with Gasteiger partial charge < -0.3 is 20.4 Å². The van der Waals surface area contributed by atoms with Crippen LogP contribution in [-0.2, 0) is 20.8 Å². The Hall–Kier alpha value is -3.26. The lowest BCUT2D eigenvalue weighted by Crippen LogP contribution is -3.06. The molecule has 2 aromatic carbocycles. The van der Waals surface area contributed by atoms with Gasteiger partial charge in [0.2, 0.25) is 12.0 Å². The van der Waals surface area contributed by atoms with E-state index in [4.69, 9.17) is 4.84 Å². The predicted molar refractivity (Wildman–Crippen MR) is 115 cm³/mol. The molecule has 1 heterocycles. The molecule has 0 unspecified atom stereocenters. The van der Waals surface area contributed by atoms with Crippen LogP contribution in [0.25, 0.3) is 0 Å². The van der Waals surface area contributed by atoms with Gasteiger partial charge in [-0.1, -0.05) is 47.6 Å². The van der Waals surface area contributed by atoms with Crippen molar-refractivity contribution in [1.82, 2.24) is 10.6 Å². The third-order valence-electron chi connectivity index (χ3n) is 4.96. The van der Waals surface area contributed by atoms with E-state index in [2.05, 4.69) is 15.8 Å². The summed E-state index contributed by atoms with van der Waals surface area (Å²) < 4.78 is 13.5. The Kier molecular flexibility index (Phi) is 7.72. The van der Waals surface area contributed by atoms with Crippen molar-refractivity contribution in [3.8, 4) is 0 Å². The molecule has 2 aromatic rings. The molecule has 3 N–H and O–H groups in total. The van der Waals surface area contributed by atoms with E-state index in [0.29, 0.717) is 24.2 Å². The SMILES string of the molecule is C[NH+](C)CCNC(=O)[C@H](Cc1ccccc1)NC(=O)[C@H]1CC(c2cccc(F)c2)=NO1. The number of hydrogen-bond donors (Lipinski definition) is 3. The van der Waals surface area contributed by atoms with Crippen LogP contribution in [0.1, 0.15) is 17.5 Å². The van der Waals surface area contributed by atoms with Crippen LogP contribution in [0.4, 0.5) is 4.39 Å². The molecular weight excluding hydrogens is 399 g/mol. The van der Waals surface area contributed by atoms with E-state index in [1.54, 1.807) is 12.1 Å². The first-order valence-corrected chi connectivity index (χ1v) is 10.3. The standard InChI is InChI=1S/C23H27FN4O3/c1-28(2)12-11-25-22(29)20(13-16-7-4-3-5-8-16)26-23(30)21-15-19(27-31-21)17-9-6-10-18(24)14-17/h3-10,14,20-21H,11-13,15H2,1-2H3,(H,25,29)(H,26,30)/p+1/t20-,21+/m0/s1. The van der Waals surface area contributed by atoms with E-state index in [1.807, 2.05) is 44.4 Å². The lowest BCUT2D eigenvalue weighted by Gasteiger charge is -2.20. The van der Waals surface area contributed by atoms with Crippen LogP contribution in [0.3, 0.4) is 0 Å². The van der Waals surface area contributed by atoms with Gasteiger partial charge in [0.1, 0.15) is 11.9 Å². The maximum Gasteiger partial charge on any atom is 0.265 e. The van der Waals surface area contributed by atoms with Gasteiger partial charge in [-0.15, -0.1) is 0 Å². The Morgan fingerprint density at radius 1 is 1.19 bits per heavy atom. The van der Waals surface area contributed by atoms with Crippen molar-refractivity contribution < 1.29 is 23.7 Å². The van der Waals surface area contributed by atoms with Crippen molar-refractivity contribution >= 4 is 17.5 Å². The first kappa shape index (κ1) is 22.4. The zero-order chi connectivity index (χ0) is 22.2. The van der Waals surface area contributed by atoms with Gasteiger partial charge in [0.15, 0.2) is 0 Å². The van der Waals surface area contributed by atoms with Crippen LogP contribution in [-0.4, -0.2) is 56.9 Å². The van der Waals surface area contributed by atoms with Crippen molar-refractivity contribution in [2.24, 2.45) is 5.16 Å². The van der Waals surface area contributed by atoms with Gasteiger partial charge in [-0.3, -0.25) is 9.59 Å². The zero-order valence-corrected chi connectivity index (χ0v) is 17.7. The molecule has 0 spiro atoms. The summed E-state index contributed by atoms with van der Waals surface area (Å²) in [6.07, 6.45) is -0.299. The molecule has 1 aliphatic rings. The molecule has 31 heavy (non-hydrogen) atoms. The van der Waals surface area contributed by atoms with E-state index in [0.717, 1.165) is 12.1 Å². The predicted octanol–water partition coefficient (Wildman–Crippen LogP) is 0.307. The number of halogens is 1. The normalized spacial score (nSPS) is 16.4. The number of quaternary nitrogens is 1. The number of nitrogens with one attached hydrogen (secondary N) is 3. The number of likely N-dealkylation sites (N-methyl/N-ethyl adjacent to an activating group) is 1. The number of benzene rings is 2. The molecule has 7 nitrogen and oxygen atoms in total. The van der Waals surface area contributed by atoms with Gasteiger partial charge in [0.05, 0.1) is 32.9 Å². The molecule has 0 radical (unpaired) electrons. The van der Waals surface area contributed by atoms with Crippen LogP contribution in [0.5, 0.6) is 0 Å². The highest BCUT2D eigenvalue weighted by molar-refractivity contribution is 6.04. The Labute approximate surface area is 181 Å². The average molecular weight is 428 g/mol. The number of nitrogens with zero attached hydrogens (tertiary/aromatic N) is 1. The summed E-state index contributed by atoms with van der Waals surface area (Å²) in [5, 5.41) is 9.62. The molecule has 2 atom stereocenters. The summed E-state index contributed by atoms with van der Waals surface area (Å²) in [6, 6.07) is 14.7. The van der Waals surface area contributed by atoms with Gasteiger partial charge >= 0.3 is 0 Å². The highest BCUT2D eigenvalue weighted by Crippen LogP contribution is 2.18. The Balaban J connectivity index is 1.63. The molecule has 0 bridgehead atoms. The summed E-state index contributed by atoms with van der Waals surface area (Å²) in [7, 11) is 4.01. The number of oxime groups is 1. The first-order chi connectivity index (χ1) is 14.9. The number of amides is 2.